The molecule has 0 saturated carbocycles. The second-order valence-electron chi connectivity index (χ2n) is 2.26. The van der Waals surface area contributed by atoms with Crippen LogP contribution in [0.2, 0.25) is 0 Å². The van der Waals surface area contributed by atoms with Crippen LogP contribution >= 0.6 is 0 Å². The number of fused-ring (bicyclic) bond motifs is 1. The maximum atomic E-state index is 5.56. The summed E-state index contributed by atoms with van der Waals surface area (Å²) in [5.74, 6) is 0.328. The van der Waals surface area contributed by atoms with E-state index in [-0.39, 0.29) is 0 Å². The fourth-order valence-corrected chi connectivity index (χ4v) is 1.02. The molecule has 0 radical (unpaired) electrons. The van der Waals surface area contributed by atoms with E-state index >= 15 is 0 Å². The van der Waals surface area contributed by atoms with Gasteiger partial charge in [0.15, 0.2) is 5.65 Å². The van der Waals surface area contributed by atoms with Crippen LogP contribution in [-0.2, 0) is 0 Å². The first kappa shape index (κ1) is 6.96. The third kappa shape index (κ3) is 0.810. The van der Waals surface area contributed by atoms with Crippen LogP contribution < -0.4 is 10.6 Å². The molecule has 12 heavy (non-hydrogen) atoms. The summed E-state index contributed by atoms with van der Waals surface area (Å²) >= 11 is 0. The quantitative estimate of drug-likeness (QED) is 0.658. The van der Waals surface area contributed by atoms with Crippen LogP contribution in [0, 0.1) is 0 Å². The van der Waals surface area contributed by atoms with Gasteiger partial charge in [0.1, 0.15) is 12.9 Å². The summed E-state index contributed by atoms with van der Waals surface area (Å²) in [6.07, 6.45) is 3.21. The zero-order valence-electron chi connectivity index (χ0n) is 6.64. The van der Waals surface area contributed by atoms with Crippen molar-refractivity contribution in [1.29, 1.82) is 0 Å². The highest BCUT2D eigenvalue weighted by Crippen LogP contribution is 2.03. The summed E-state index contributed by atoms with van der Waals surface area (Å²) < 4.78 is 1.64. The lowest BCUT2D eigenvalue weighted by atomic mass is 10.8. The topological polar surface area (TPSA) is 70.4 Å². The molecule has 0 amide bonds. The first-order chi connectivity index (χ1) is 5.83. The second-order valence-corrected chi connectivity index (χ2v) is 2.26. The highest BCUT2D eigenvalue weighted by molar-refractivity contribution is 5.39. The number of nitrogen functional groups attached to an aromatic ring is 1. The average molecular weight is 167 g/mol. The van der Waals surface area contributed by atoms with Crippen molar-refractivity contribution in [2.45, 2.75) is 6.92 Å². The summed E-state index contributed by atoms with van der Waals surface area (Å²) in [6, 6.07) is 0. The largest absolute Gasteiger partial charge is 0.395 e. The van der Waals surface area contributed by atoms with Crippen molar-refractivity contribution in [3.8, 4) is 0 Å². The fraction of sp³-hybridized carbons (Fsp3) is 0.333. The predicted octanol–water partition coefficient (Wildman–Crippen LogP) is -0.439. The Hall–Kier alpha value is -1.72. The highest BCUT2D eigenvalue weighted by atomic mass is 16.7. The smallest absolute Gasteiger partial charge is 0.256 e. The van der Waals surface area contributed by atoms with Gasteiger partial charge in [-0.1, -0.05) is 4.85 Å². The van der Waals surface area contributed by atoms with Gasteiger partial charge in [-0.15, -0.1) is 0 Å². The van der Waals surface area contributed by atoms with Crippen molar-refractivity contribution in [3.63, 3.8) is 0 Å². The summed E-state index contributed by atoms with van der Waals surface area (Å²) in [5, 5.41) is 0. The summed E-state index contributed by atoms with van der Waals surface area (Å²) in [7, 11) is 0. The Morgan fingerprint density at radius 2 is 2.50 bits per heavy atom. The minimum atomic E-state index is 0.328. The Morgan fingerprint density at radius 3 is 3.25 bits per heavy atom. The summed E-state index contributed by atoms with van der Waals surface area (Å²) in [6.45, 7) is 2.41. The zero-order chi connectivity index (χ0) is 8.55. The monoisotopic (exact) mass is 167 g/mol. The van der Waals surface area contributed by atoms with E-state index in [1.807, 2.05) is 6.92 Å². The molecule has 0 unspecified atom stereocenters. The van der Waals surface area contributed by atoms with Crippen LogP contribution in [-0.4, -0.2) is 25.9 Å². The van der Waals surface area contributed by atoms with Gasteiger partial charge in [0, 0.05) is 0 Å². The van der Waals surface area contributed by atoms with Gasteiger partial charge in [-0.05, 0) is 6.92 Å². The van der Waals surface area contributed by atoms with E-state index < -0.39 is 0 Å². The third-order valence-electron chi connectivity index (χ3n) is 1.47. The van der Waals surface area contributed by atoms with Crippen LogP contribution in [0.1, 0.15) is 6.92 Å². The molecule has 0 aliphatic rings. The van der Waals surface area contributed by atoms with Gasteiger partial charge in [-0.2, -0.15) is 9.50 Å². The minimum absolute atomic E-state index is 0.328. The van der Waals surface area contributed by atoms with Crippen molar-refractivity contribution in [1.82, 2.24) is 19.3 Å². The van der Waals surface area contributed by atoms with Crippen LogP contribution in [0.3, 0.4) is 0 Å². The van der Waals surface area contributed by atoms with E-state index in [0.717, 1.165) is 0 Å². The minimum Gasteiger partial charge on any atom is -0.395 e. The number of aromatic nitrogens is 4. The lowest BCUT2D eigenvalue weighted by molar-refractivity contribution is 0.0884. The molecular formula is C6H9N5O. The Morgan fingerprint density at radius 1 is 1.67 bits per heavy atom. The van der Waals surface area contributed by atoms with E-state index in [1.165, 1.54) is 4.85 Å². The Balaban J connectivity index is 2.59. The second kappa shape index (κ2) is 2.40. The molecular weight excluding hydrogens is 158 g/mol. The number of imidazole rings is 1. The molecule has 6 heteroatoms. The first-order valence-corrected chi connectivity index (χ1v) is 3.62. The van der Waals surface area contributed by atoms with Crippen LogP contribution in [0.15, 0.2) is 12.5 Å². The number of nitrogens with two attached hydrogens (primary N) is 1. The van der Waals surface area contributed by atoms with E-state index in [2.05, 4.69) is 9.97 Å². The SMILES string of the molecule is CCOn1c(N)nc2cncn21. The van der Waals surface area contributed by atoms with Gasteiger partial charge in [0.05, 0.1) is 6.20 Å². The molecule has 0 fully saturated rings. The molecule has 64 valence electrons. The van der Waals surface area contributed by atoms with E-state index in [1.54, 1.807) is 17.0 Å². The fourth-order valence-electron chi connectivity index (χ4n) is 1.02. The van der Waals surface area contributed by atoms with Crippen molar-refractivity contribution in [2.24, 2.45) is 0 Å². The highest BCUT2D eigenvalue weighted by Gasteiger charge is 2.06. The Kier molecular flexibility index (Phi) is 1.39. The number of anilines is 1. The molecule has 2 N–H and O–H groups in total. The average Bonchev–Trinajstić information content (AvgIpc) is 2.56. The molecule has 2 aromatic rings. The van der Waals surface area contributed by atoms with Crippen molar-refractivity contribution in [2.75, 3.05) is 12.3 Å². The zero-order valence-corrected chi connectivity index (χ0v) is 6.64. The van der Waals surface area contributed by atoms with Gasteiger partial charge < -0.3 is 10.6 Å². The maximum absolute atomic E-state index is 5.56. The predicted molar refractivity (Wildman–Crippen MR) is 42.5 cm³/mol. The lowest BCUT2D eigenvalue weighted by Gasteiger charge is -2.03. The standard InChI is InChI=1S/C6H9N5O/c1-2-12-11-6(7)9-5-3-8-4-10(5)11/h3-4H,2H2,1H3,(H2,7,9). The summed E-state index contributed by atoms with van der Waals surface area (Å²) in [5.41, 5.74) is 6.24. The van der Waals surface area contributed by atoms with Crippen molar-refractivity contribution >= 4 is 11.6 Å². The molecule has 0 aromatic carbocycles. The molecule has 0 aliphatic heterocycles. The molecule has 2 aromatic heterocycles. The van der Waals surface area contributed by atoms with Crippen LogP contribution in [0.5, 0.6) is 0 Å². The molecule has 0 spiro atoms. The Labute approximate surface area is 68.5 Å². The van der Waals surface area contributed by atoms with Gasteiger partial charge >= 0.3 is 0 Å². The summed E-state index contributed by atoms with van der Waals surface area (Å²) in [4.78, 5) is 14.5. The van der Waals surface area contributed by atoms with Crippen LogP contribution in [0.25, 0.3) is 5.65 Å². The first-order valence-electron chi connectivity index (χ1n) is 3.62. The third-order valence-corrected chi connectivity index (χ3v) is 1.47. The maximum Gasteiger partial charge on any atom is 0.256 e. The van der Waals surface area contributed by atoms with Gasteiger partial charge in [-0.25, -0.2) is 4.98 Å². The number of hydrogen-bond acceptors (Lipinski definition) is 4. The number of nitrogens with zero attached hydrogens (tertiary/aromatic N) is 4. The lowest BCUT2D eigenvalue weighted by Crippen LogP contribution is -2.17. The van der Waals surface area contributed by atoms with Gasteiger partial charge in [-0.3, -0.25) is 0 Å². The van der Waals surface area contributed by atoms with E-state index in [0.29, 0.717) is 18.2 Å². The molecule has 0 bridgehead atoms. The van der Waals surface area contributed by atoms with Gasteiger partial charge in [0.2, 0.25) is 0 Å². The molecule has 0 atom stereocenters. The Bertz CT molecular complexity index is 389. The van der Waals surface area contributed by atoms with Crippen molar-refractivity contribution in [3.05, 3.63) is 12.5 Å². The van der Waals surface area contributed by atoms with E-state index in [4.69, 9.17) is 10.6 Å². The molecule has 2 heterocycles. The van der Waals surface area contributed by atoms with E-state index in [9.17, 15) is 0 Å². The molecule has 0 aliphatic carbocycles. The van der Waals surface area contributed by atoms with Crippen molar-refractivity contribution < 1.29 is 4.84 Å². The molecule has 0 saturated heterocycles. The number of hydrogen-bond donors (Lipinski definition) is 1. The molecule has 2 rings (SSSR count). The normalized spacial score (nSPS) is 10.8. The molecule has 6 nitrogen and oxygen atoms in total. The van der Waals surface area contributed by atoms with Gasteiger partial charge in [0.25, 0.3) is 5.95 Å². The number of rotatable bonds is 2. The van der Waals surface area contributed by atoms with Crippen LogP contribution in [0.4, 0.5) is 5.95 Å².